The van der Waals surface area contributed by atoms with Crippen LogP contribution < -0.4 is 10.1 Å². The van der Waals surface area contributed by atoms with Crippen LogP contribution in [0.5, 0.6) is 11.5 Å². The maximum atomic E-state index is 13.6. The first-order valence-corrected chi connectivity index (χ1v) is 13.5. The first-order chi connectivity index (χ1) is 19.8. The van der Waals surface area contributed by atoms with Gasteiger partial charge in [0.1, 0.15) is 17.2 Å². The molecule has 4 aromatic rings. The highest BCUT2D eigenvalue weighted by molar-refractivity contribution is 5.94. The van der Waals surface area contributed by atoms with Gasteiger partial charge < -0.3 is 15.2 Å². The van der Waals surface area contributed by atoms with Gasteiger partial charge in [-0.2, -0.15) is 18.3 Å². The van der Waals surface area contributed by atoms with Gasteiger partial charge >= 0.3 is 6.18 Å². The van der Waals surface area contributed by atoms with Gasteiger partial charge in [-0.25, -0.2) is 0 Å². The number of amides is 1. The molecule has 3 N–H and O–H groups in total. The standard InChI is InChI=1S/C30H28F3N5O3/c31-30(32,33)19-4-8-26(41-21-2-1-10-34-16-21)24(12-19)27-22-6-5-20(13-23(22)27)37-29(40)18-3-7-25(35-14-18)28-17(9-11-39)15-36-38-28/h1-4,7-8,10,12,14-16,20,22-23,27,39H,5-6,9,11,13H2,(H,36,38)(H,37,40). The van der Waals surface area contributed by atoms with Gasteiger partial charge in [0.25, 0.3) is 5.91 Å². The van der Waals surface area contributed by atoms with Crippen LogP contribution in [0.4, 0.5) is 13.2 Å². The van der Waals surface area contributed by atoms with Gasteiger partial charge in [-0.1, -0.05) is 0 Å². The molecule has 6 rings (SSSR count). The number of aliphatic hydroxyl groups excluding tert-OH is 1. The molecule has 8 nitrogen and oxygen atoms in total. The minimum absolute atomic E-state index is 0.0102. The predicted molar refractivity (Wildman–Crippen MR) is 143 cm³/mol. The van der Waals surface area contributed by atoms with Gasteiger partial charge in [0.2, 0.25) is 0 Å². The Balaban J connectivity index is 1.14. The third kappa shape index (κ3) is 5.67. The Kier molecular flexibility index (Phi) is 7.21. The molecular formula is C30H28F3N5O3. The van der Waals surface area contributed by atoms with Crippen LogP contribution in [0.15, 0.2) is 67.3 Å². The number of aliphatic hydroxyl groups is 1. The molecule has 2 fully saturated rings. The fourth-order valence-corrected chi connectivity index (χ4v) is 5.99. The molecule has 212 valence electrons. The van der Waals surface area contributed by atoms with E-state index in [9.17, 15) is 23.1 Å². The molecule has 4 atom stereocenters. The van der Waals surface area contributed by atoms with E-state index in [1.165, 1.54) is 24.5 Å². The zero-order valence-electron chi connectivity index (χ0n) is 21.9. The molecule has 3 heterocycles. The highest BCUT2D eigenvalue weighted by Gasteiger charge is 2.54. The van der Waals surface area contributed by atoms with Crippen LogP contribution in [0, 0.1) is 11.8 Å². The Morgan fingerprint density at radius 3 is 2.73 bits per heavy atom. The normalized spacial score (nSPS) is 21.7. The zero-order chi connectivity index (χ0) is 28.6. The summed E-state index contributed by atoms with van der Waals surface area (Å²) >= 11 is 0. The van der Waals surface area contributed by atoms with Crippen molar-refractivity contribution in [2.45, 2.75) is 43.8 Å². The van der Waals surface area contributed by atoms with E-state index < -0.39 is 11.7 Å². The van der Waals surface area contributed by atoms with E-state index in [1.807, 2.05) is 0 Å². The number of carbonyl (C=O) groups excluding carboxylic acids is 1. The molecule has 41 heavy (non-hydrogen) atoms. The lowest BCUT2D eigenvalue weighted by Gasteiger charge is -2.22. The second kappa shape index (κ2) is 11.0. The monoisotopic (exact) mass is 563 g/mol. The van der Waals surface area contributed by atoms with Crippen LogP contribution in [-0.2, 0) is 12.6 Å². The molecule has 0 radical (unpaired) electrons. The van der Waals surface area contributed by atoms with Crippen molar-refractivity contribution in [3.05, 3.63) is 89.5 Å². The number of rotatable bonds is 8. The van der Waals surface area contributed by atoms with E-state index in [2.05, 4.69) is 25.5 Å². The zero-order valence-corrected chi connectivity index (χ0v) is 21.9. The van der Waals surface area contributed by atoms with Crippen molar-refractivity contribution in [1.29, 1.82) is 0 Å². The molecular weight excluding hydrogens is 535 g/mol. The molecule has 1 amide bonds. The minimum Gasteiger partial charge on any atom is -0.455 e. The number of carbonyl (C=O) groups is 1. The number of fused-ring (bicyclic) bond motifs is 1. The average molecular weight is 564 g/mol. The van der Waals surface area contributed by atoms with Crippen molar-refractivity contribution in [2.75, 3.05) is 6.61 Å². The number of hydrogen-bond donors (Lipinski definition) is 3. The van der Waals surface area contributed by atoms with Crippen molar-refractivity contribution in [1.82, 2.24) is 25.5 Å². The van der Waals surface area contributed by atoms with Crippen molar-refractivity contribution in [3.63, 3.8) is 0 Å². The number of H-pyrrole nitrogens is 1. The Hall–Kier alpha value is -4.25. The lowest BCUT2D eigenvalue weighted by atomic mass is 9.95. The van der Waals surface area contributed by atoms with Crippen LogP contribution >= 0.6 is 0 Å². The fraction of sp³-hybridized carbons (Fsp3) is 0.333. The van der Waals surface area contributed by atoms with Crippen LogP contribution in [0.2, 0.25) is 0 Å². The number of pyridine rings is 2. The summed E-state index contributed by atoms with van der Waals surface area (Å²) < 4.78 is 46.7. The number of hydrogen-bond acceptors (Lipinski definition) is 6. The maximum absolute atomic E-state index is 13.6. The van der Waals surface area contributed by atoms with E-state index in [-0.39, 0.29) is 36.3 Å². The molecule has 2 saturated carbocycles. The second-order valence-corrected chi connectivity index (χ2v) is 10.5. The fourth-order valence-electron chi connectivity index (χ4n) is 5.99. The number of aromatic amines is 1. The number of aromatic nitrogens is 4. The van der Waals surface area contributed by atoms with Crippen LogP contribution in [0.3, 0.4) is 0 Å². The first-order valence-electron chi connectivity index (χ1n) is 13.5. The maximum Gasteiger partial charge on any atom is 0.416 e. The Labute approximate surface area is 234 Å². The Morgan fingerprint density at radius 2 is 2.00 bits per heavy atom. The molecule has 0 saturated heterocycles. The predicted octanol–water partition coefficient (Wildman–Crippen LogP) is 5.52. The number of nitrogens with zero attached hydrogens (tertiary/aromatic N) is 3. The Morgan fingerprint density at radius 1 is 1.12 bits per heavy atom. The van der Waals surface area contributed by atoms with Gasteiger partial charge in [-0.15, -0.1) is 0 Å². The number of benzene rings is 1. The van der Waals surface area contributed by atoms with Crippen molar-refractivity contribution >= 4 is 5.91 Å². The summed E-state index contributed by atoms with van der Waals surface area (Å²) in [5.74, 6) is 0.926. The van der Waals surface area contributed by atoms with E-state index in [0.29, 0.717) is 46.9 Å². The molecule has 11 heteroatoms. The lowest BCUT2D eigenvalue weighted by Crippen LogP contribution is -2.36. The van der Waals surface area contributed by atoms with E-state index in [0.717, 1.165) is 24.5 Å². The molecule has 0 spiro atoms. The molecule has 2 aliphatic carbocycles. The molecule has 4 unspecified atom stereocenters. The number of ether oxygens (including phenoxy) is 1. The quantitative estimate of drug-likeness (QED) is 0.260. The van der Waals surface area contributed by atoms with Gasteiger partial charge in [0.05, 0.1) is 23.0 Å². The van der Waals surface area contributed by atoms with Crippen molar-refractivity contribution < 1.29 is 27.8 Å². The molecule has 3 aromatic heterocycles. The van der Waals surface area contributed by atoms with Crippen LogP contribution in [0.1, 0.15) is 52.2 Å². The minimum atomic E-state index is -4.46. The third-order valence-electron chi connectivity index (χ3n) is 8.00. The van der Waals surface area contributed by atoms with Gasteiger partial charge in [0.15, 0.2) is 0 Å². The molecule has 0 bridgehead atoms. The number of halogens is 3. The van der Waals surface area contributed by atoms with Gasteiger partial charge in [0, 0.05) is 36.8 Å². The molecule has 2 aliphatic rings. The summed E-state index contributed by atoms with van der Waals surface area (Å²) in [4.78, 5) is 21.4. The van der Waals surface area contributed by atoms with Crippen molar-refractivity contribution in [2.24, 2.45) is 11.8 Å². The number of alkyl halides is 3. The van der Waals surface area contributed by atoms with Crippen molar-refractivity contribution in [3.8, 4) is 22.9 Å². The highest BCUT2D eigenvalue weighted by atomic mass is 19.4. The average Bonchev–Trinajstić information content (AvgIpc) is 3.48. The summed E-state index contributed by atoms with van der Waals surface area (Å²) in [6.45, 7) is -0.0102. The third-order valence-corrected chi connectivity index (χ3v) is 8.00. The largest absolute Gasteiger partial charge is 0.455 e. The SMILES string of the molecule is O=C(NC1CCC2C(C1)C2c1cc(C(F)(F)F)ccc1Oc1cccnc1)c1ccc(-c2n[nH]cc2CCO)nc1. The summed E-state index contributed by atoms with van der Waals surface area (Å²) in [6.07, 6.45) is 4.53. The summed E-state index contributed by atoms with van der Waals surface area (Å²) in [7, 11) is 0. The smallest absolute Gasteiger partial charge is 0.416 e. The first kappa shape index (κ1) is 26.9. The lowest BCUT2D eigenvalue weighted by molar-refractivity contribution is -0.137. The van der Waals surface area contributed by atoms with E-state index in [4.69, 9.17) is 4.74 Å². The molecule has 1 aromatic carbocycles. The van der Waals surface area contributed by atoms with Gasteiger partial charge in [-0.3, -0.25) is 19.9 Å². The van der Waals surface area contributed by atoms with E-state index in [1.54, 1.807) is 36.7 Å². The topological polar surface area (TPSA) is 113 Å². The van der Waals surface area contributed by atoms with E-state index >= 15 is 0 Å². The number of nitrogens with one attached hydrogen (secondary N) is 2. The summed E-state index contributed by atoms with van der Waals surface area (Å²) in [5.41, 5.74) is 2.32. The summed E-state index contributed by atoms with van der Waals surface area (Å²) in [6, 6.07) is 10.4. The summed E-state index contributed by atoms with van der Waals surface area (Å²) in [5, 5.41) is 19.3. The van der Waals surface area contributed by atoms with Crippen LogP contribution in [0.25, 0.3) is 11.4 Å². The molecule has 0 aliphatic heterocycles. The second-order valence-electron chi connectivity index (χ2n) is 10.5. The highest BCUT2D eigenvalue weighted by Crippen LogP contribution is 2.63. The Bertz CT molecular complexity index is 1520. The van der Waals surface area contributed by atoms with Gasteiger partial charge in [-0.05, 0) is 91.5 Å². The van der Waals surface area contributed by atoms with Crippen LogP contribution in [-0.4, -0.2) is 43.8 Å².